The number of hydrogen-bond donors (Lipinski definition) is 1. The first-order valence-electron chi connectivity index (χ1n) is 14.3. The minimum Gasteiger partial charge on any atom is -0.462 e. The van der Waals surface area contributed by atoms with Crippen LogP contribution in [0, 0.1) is 0 Å². The molecule has 43 heavy (non-hydrogen) atoms. The van der Waals surface area contributed by atoms with Crippen LogP contribution in [0.5, 0.6) is 5.75 Å². The summed E-state index contributed by atoms with van der Waals surface area (Å²) >= 11 is 0. The van der Waals surface area contributed by atoms with Crippen molar-refractivity contribution in [1.82, 2.24) is 0 Å². The van der Waals surface area contributed by atoms with Gasteiger partial charge in [-0.15, -0.1) is 0 Å². The van der Waals surface area contributed by atoms with Crippen LogP contribution in [0.2, 0.25) is 0 Å². The lowest BCUT2D eigenvalue weighted by molar-refractivity contribution is -0.139. The van der Waals surface area contributed by atoms with Crippen LogP contribution in [-0.4, -0.2) is 36.5 Å². The molecule has 0 aliphatic heterocycles. The second-order valence-electron chi connectivity index (χ2n) is 10.7. The van der Waals surface area contributed by atoms with Gasteiger partial charge in [0.2, 0.25) is 0 Å². The van der Waals surface area contributed by atoms with E-state index in [0.29, 0.717) is 53.2 Å². The van der Waals surface area contributed by atoms with Crippen molar-refractivity contribution in [2.45, 2.75) is 65.6 Å². The highest BCUT2D eigenvalue weighted by Gasteiger charge is 2.14. The van der Waals surface area contributed by atoms with Crippen molar-refractivity contribution in [2.75, 3.05) is 13.2 Å². The van der Waals surface area contributed by atoms with E-state index in [0.717, 1.165) is 48.6 Å². The van der Waals surface area contributed by atoms with Gasteiger partial charge in [0.25, 0.3) is 0 Å². The number of carbonyl (C=O) groups is 2. The molecule has 0 radical (unpaired) electrons. The molecule has 0 saturated heterocycles. The van der Waals surface area contributed by atoms with Crippen molar-refractivity contribution in [2.24, 2.45) is 0 Å². The van der Waals surface area contributed by atoms with E-state index in [9.17, 15) is 19.5 Å². The highest BCUT2D eigenvalue weighted by Crippen LogP contribution is 2.27. The van der Waals surface area contributed by atoms with Crippen LogP contribution in [0.3, 0.4) is 0 Å². The fourth-order valence-electron chi connectivity index (χ4n) is 4.28. The molecule has 1 atom stereocenters. The van der Waals surface area contributed by atoms with Gasteiger partial charge in [0.1, 0.15) is 11.3 Å². The van der Waals surface area contributed by atoms with Crippen LogP contribution >= 0.6 is 0 Å². The molecule has 0 saturated carbocycles. The second-order valence-corrected chi connectivity index (χ2v) is 10.7. The molecule has 8 heteroatoms. The van der Waals surface area contributed by atoms with E-state index >= 15 is 0 Å². The largest absolute Gasteiger partial charge is 0.462 e. The molecule has 0 spiro atoms. The maximum Gasteiger partial charge on any atom is 0.344 e. The Kier molecular flexibility index (Phi) is 12.2. The van der Waals surface area contributed by atoms with Crippen LogP contribution in [0.25, 0.3) is 22.1 Å². The van der Waals surface area contributed by atoms with Gasteiger partial charge in [-0.05, 0) is 112 Å². The van der Waals surface area contributed by atoms with Crippen molar-refractivity contribution in [3.05, 3.63) is 100 Å². The van der Waals surface area contributed by atoms with Gasteiger partial charge in [0.05, 0.1) is 18.8 Å². The van der Waals surface area contributed by atoms with Crippen molar-refractivity contribution >= 4 is 22.9 Å². The van der Waals surface area contributed by atoms with Crippen LogP contribution < -0.4 is 10.4 Å². The first-order valence-corrected chi connectivity index (χ1v) is 14.3. The third kappa shape index (κ3) is 9.91. The Morgan fingerprint density at radius 3 is 2.05 bits per heavy atom. The molecule has 0 bridgehead atoms. The van der Waals surface area contributed by atoms with Crippen LogP contribution in [0.15, 0.2) is 88.1 Å². The number of rotatable bonds is 16. The summed E-state index contributed by atoms with van der Waals surface area (Å²) < 4.78 is 21.6. The molecule has 2 aromatic carbocycles. The quantitative estimate of drug-likeness (QED) is 0.0378. The predicted octanol–water partition coefficient (Wildman–Crippen LogP) is 6.62. The van der Waals surface area contributed by atoms with E-state index in [1.54, 1.807) is 45.0 Å². The maximum absolute atomic E-state index is 13.0. The Balaban J connectivity index is 1.81. The molecule has 0 fully saturated rings. The van der Waals surface area contributed by atoms with Gasteiger partial charge in [-0.25, -0.2) is 14.4 Å². The summed E-state index contributed by atoms with van der Waals surface area (Å²) in [5.74, 6) is -0.565. The van der Waals surface area contributed by atoms with Crippen LogP contribution in [0.4, 0.5) is 0 Å². The van der Waals surface area contributed by atoms with Gasteiger partial charge in [0.15, 0.2) is 6.29 Å². The molecule has 3 aromatic rings. The number of carbonyl (C=O) groups excluding carboxylic acids is 2. The minimum atomic E-state index is -0.971. The molecule has 1 N–H and O–H groups in total. The number of unbranched alkanes of at least 4 members (excludes halogenated alkanes) is 2. The minimum absolute atomic E-state index is 0.289. The number of aliphatic hydroxyl groups is 1. The molecule has 0 aliphatic carbocycles. The lowest BCUT2D eigenvalue weighted by Gasteiger charge is -2.14. The number of aryl methyl sites for hydroxylation is 2. The number of benzene rings is 2. The fraction of sp³-hybridized carbons (Fsp3) is 0.343. The highest BCUT2D eigenvalue weighted by molar-refractivity contribution is 5.89. The normalized spacial score (nSPS) is 11.6. The molecule has 8 nitrogen and oxygen atoms in total. The van der Waals surface area contributed by atoms with E-state index in [4.69, 9.17) is 18.6 Å². The Labute approximate surface area is 252 Å². The zero-order valence-corrected chi connectivity index (χ0v) is 25.2. The van der Waals surface area contributed by atoms with Crippen molar-refractivity contribution in [1.29, 1.82) is 0 Å². The van der Waals surface area contributed by atoms with Crippen molar-refractivity contribution < 1.29 is 33.3 Å². The summed E-state index contributed by atoms with van der Waals surface area (Å²) in [5, 5.41) is 10.6. The van der Waals surface area contributed by atoms with Crippen molar-refractivity contribution in [3.8, 4) is 16.9 Å². The van der Waals surface area contributed by atoms with E-state index in [2.05, 4.69) is 19.7 Å². The monoisotopic (exact) mass is 588 g/mol. The average Bonchev–Trinajstić information content (AvgIpc) is 2.96. The van der Waals surface area contributed by atoms with Crippen LogP contribution in [0.1, 0.15) is 57.6 Å². The standard InChI is InChI=1S/C35H40O8/c1-22(2)32(36)40-17-9-7-11-26-19-28-20-30(25-13-15-29(16-14-25)42-34(38)24(5)6)35(39)43-31(28)21-27(26)12-8-10-18-41-33(37)23(3)4/h13-16,19-21,33,37H,1,3,5,7-12,17-18H2,2,4,6H3. The summed E-state index contributed by atoms with van der Waals surface area (Å²) in [6.45, 7) is 16.5. The molecule has 3 rings (SSSR count). The summed E-state index contributed by atoms with van der Waals surface area (Å²) in [5.41, 5.74) is 4.44. The number of esters is 2. The number of ether oxygens (including phenoxy) is 3. The van der Waals surface area contributed by atoms with E-state index < -0.39 is 23.9 Å². The Morgan fingerprint density at radius 1 is 0.837 bits per heavy atom. The van der Waals surface area contributed by atoms with Gasteiger partial charge in [-0.2, -0.15) is 0 Å². The topological polar surface area (TPSA) is 112 Å². The Morgan fingerprint density at radius 2 is 1.44 bits per heavy atom. The number of aliphatic hydroxyl groups excluding tert-OH is 1. The number of fused-ring (bicyclic) bond motifs is 1. The fourth-order valence-corrected chi connectivity index (χ4v) is 4.28. The smallest absolute Gasteiger partial charge is 0.344 e. The number of hydrogen-bond acceptors (Lipinski definition) is 8. The molecule has 0 amide bonds. The zero-order valence-electron chi connectivity index (χ0n) is 25.2. The lowest BCUT2D eigenvalue weighted by Crippen LogP contribution is -2.13. The summed E-state index contributed by atoms with van der Waals surface area (Å²) in [6.07, 6.45) is 3.55. The van der Waals surface area contributed by atoms with E-state index in [1.807, 2.05) is 18.2 Å². The third-order valence-electron chi connectivity index (χ3n) is 6.74. The first kappa shape index (κ1) is 33.2. The Hall–Kier alpha value is -4.27. The molecule has 228 valence electrons. The molecule has 1 aromatic heterocycles. The molecular formula is C35H40O8. The average molecular weight is 589 g/mol. The molecule has 1 heterocycles. The molecule has 0 aliphatic rings. The van der Waals surface area contributed by atoms with Gasteiger partial charge in [-0.3, -0.25) is 0 Å². The molecular weight excluding hydrogens is 548 g/mol. The first-order chi connectivity index (χ1) is 20.5. The van der Waals surface area contributed by atoms with Crippen LogP contribution in [-0.2, 0) is 31.9 Å². The SMILES string of the molecule is C=C(C)C(=O)OCCCCc1cc2cc(-c3ccc(OC(=O)C(=C)C)cc3)c(=O)oc2cc1CCCCOC(O)C(=C)C. The lowest BCUT2D eigenvalue weighted by atomic mass is 9.95. The Bertz CT molecular complexity index is 1540. The molecule has 1 unspecified atom stereocenters. The van der Waals surface area contributed by atoms with Gasteiger partial charge < -0.3 is 23.7 Å². The van der Waals surface area contributed by atoms with E-state index in [1.165, 1.54) is 0 Å². The summed E-state index contributed by atoms with van der Waals surface area (Å²) in [4.78, 5) is 36.5. The highest BCUT2D eigenvalue weighted by atomic mass is 16.6. The van der Waals surface area contributed by atoms with Crippen molar-refractivity contribution in [3.63, 3.8) is 0 Å². The second kappa shape index (κ2) is 15.8. The maximum atomic E-state index is 13.0. The summed E-state index contributed by atoms with van der Waals surface area (Å²) in [7, 11) is 0. The van der Waals surface area contributed by atoms with Gasteiger partial charge >= 0.3 is 17.6 Å². The van der Waals surface area contributed by atoms with Gasteiger partial charge in [-0.1, -0.05) is 31.9 Å². The van der Waals surface area contributed by atoms with Gasteiger partial charge in [0, 0.05) is 16.5 Å². The van der Waals surface area contributed by atoms with E-state index in [-0.39, 0.29) is 5.57 Å². The predicted molar refractivity (Wildman–Crippen MR) is 167 cm³/mol. The zero-order chi connectivity index (χ0) is 31.5. The third-order valence-corrected chi connectivity index (χ3v) is 6.74. The summed E-state index contributed by atoms with van der Waals surface area (Å²) in [6, 6.07) is 12.4.